The van der Waals surface area contributed by atoms with Crippen LogP contribution >= 0.6 is 39.3 Å². The Hall–Kier alpha value is -3.07. The fourth-order valence-corrected chi connectivity index (χ4v) is 4.72. The van der Waals surface area contributed by atoms with Gasteiger partial charge < -0.3 is 10.1 Å². The normalized spacial score (nSPS) is 14.5. The first kappa shape index (κ1) is 24.1. The Kier molecular flexibility index (Phi) is 7.72. The van der Waals surface area contributed by atoms with Crippen molar-refractivity contribution < 1.29 is 19.1 Å². The summed E-state index contributed by atoms with van der Waals surface area (Å²) < 4.78 is 6.22. The molecule has 3 aromatic carbocycles. The molecule has 1 aliphatic rings. The maximum absolute atomic E-state index is 12.8. The van der Waals surface area contributed by atoms with Crippen LogP contribution < -0.4 is 10.1 Å². The first-order valence-electron chi connectivity index (χ1n) is 10.2. The molecular weight excluding hydrogens is 540 g/mol. The van der Waals surface area contributed by atoms with E-state index >= 15 is 0 Å². The number of halogens is 2. The summed E-state index contributed by atoms with van der Waals surface area (Å²) in [6.07, 6.45) is 1.65. The molecule has 0 aliphatic carbocycles. The summed E-state index contributed by atoms with van der Waals surface area (Å²) in [5.74, 6) is -0.175. The maximum Gasteiger partial charge on any atom is 0.293 e. The fourth-order valence-electron chi connectivity index (χ4n) is 3.17. The molecule has 1 aliphatic heterocycles. The fraction of sp³-hybridized carbons (Fsp3) is 0.0800. The van der Waals surface area contributed by atoms with Crippen molar-refractivity contribution in [2.24, 2.45) is 0 Å². The number of nitrogens with zero attached hydrogens (tertiary/aromatic N) is 1. The highest BCUT2D eigenvalue weighted by molar-refractivity contribution is 9.10. The van der Waals surface area contributed by atoms with Gasteiger partial charge in [0.1, 0.15) is 5.75 Å². The zero-order valence-electron chi connectivity index (χ0n) is 17.7. The lowest BCUT2D eigenvalue weighted by Crippen LogP contribution is -2.27. The summed E-state index contributed by atoms with van der Waals surface area (Å²) >= 11 is 10.5. The highest BCUT2D eigenvalue weighted by Crippen LogP contribution is 2.35. The maximum atomic E-state index is 12.8. The second kappa shape index (κ2) is 10.9. The van der Waals surface area contributed by atoms with Crippen LogP contribution in [0.25, 0.3) is 6.08 Å². The number of hydrogen-bond donors (Lipinski definition) is 1. The van der Waals surface area contributed by atoms with Gasteiger partial charge in [-0.15, -0.1) is 0 Å². The van der Waals surface area contributed by atoms with Crippen molar-refractivity contribution in [3.05, 3.63) is 98.3 Å². The summed E-state index contributed by atoms with van der Waals surface area (Å²) in [6.45, 7) is -0.0447. The van der Waals surface area contributed by atoms with Gasteiger partial charge in [0, 0.05) is 10.7 Å². The van der Waals surface area contributed by atoms with Crippen LogP contribution in [-0.4, -0.2) is 28.6 Å². The van der Waals surface area contributed by atoms with E-state index in [4.69, 9.17) is 16.3 Å². The van der Waals surface area contributed by atoms with Crippen LogP contribution in [0.5, 0.6) is 5.75 Å². The third-order valence-corrected chi connectivity index (χ3v) is 6.73. The van der Waals surface area contributed by atoms with Gasteiger partial charge in [0.05, 0.1) is 15.9 Å². The van der Waals surface area contributed by atoms with Crippen LogP contribution in [-0.2, 0) is 16.1 Å². The predicted octanol–water partition coefficient (Wildman–Crippen LogP) is 6.36. The Bertz CT molecular complexity index is 1280. The number of hydrogen-bond acceptors (Lipinski definition) is 5. The SMILES string of the molecule is O=C(COc1ccc(/C=C2\SC(=O)N(Cc3ccccc3Cl)C2=O)cc1Br)Nc1ccccc1. The third-order valence-electron chi connectivity index (χ3n) is 4.83. The minimum atomic E-state index is -0.371. The van der Waals surface area contributed by atoms with Crippen molar-refractivity contribution in [3.63, 3.8) is 0 Å². The van der Waals surface area contributed by atoms with Gasteiger partial charge >= 0.3 is 0 Å². The summed E-state index contributed by atoms with van der Waals surface area (Å²) in [5.41, 5.74) is 2.10. The van der Waals surface area contributed by atoms with E-state index in [1.54, 1.807) is 54.6 Å². The van der Waals surface area contributed by atoms with Crippen LogP contribution in [0.15, 0.2) is 82.2 Å². The number of imide groups is 1. The van der Waals surface area contributed by atoms with E-state index in [0.29, 0.717) is 37.0 Å². The number of amides is 3. The number of carbonyl (C=O) groups is 3. The summed E-state index contributed by atoms with van der Waals surface area (Å²) in [6, 6.07) is 21.4. The van der Waals surface area contributed by atoms with E-state index in [2.05, 4.69) is 21.2 Å². The van der Waals surface area contributed by atoms with Crippen LogP contribution in [0.2, 0.25) is 5.02 Å². The Morgan fingerprint density at radius 3 is 2.53 bits per heavy atom. The zero-order valence-corrected chi connectivity index (χ0v) is 20.8. The topological polar surface area (TPSA) is 75.7 Å². The molecule has 6 nitrogen and oxygen atoms in total. The van der Waals surface area contributed by atoms with Gasteiger partial charge in [-0.3, -0.25) is 19.3 Å². The molecule has 9 heteroatoms. The molecule has 1 fully saturated rings. The summed E-state index contributed by atoms with van der Waals surface area (Å²) in [7, 11) is 0. The molecule has 1 heterocycles. The molecule has 3 amide bonds. The minimum Gasteiger partial charge on any atom is -0.483 e. The lowest BCUT2D eigenvalue weighted by molar-refractivity contribution is -0.123. The van der Waals surface area contributed by atoms with Gasteiger partial charge in [-0.2, -0.15) is 0 Å². The molecule has 0 saturated carbocycles. The summed E-state index contributed by atoms with van der Waals surface area (Å²) in [4.78, 5) is 38.8. The number of ether oxygens (including phenoxy) is 1. The van der Waals surface area contributed by atoms with Crippen molar-refractivity contribution in [1.29, 1.82) is 0 Å². The van der Waals surface area contributed by atoms with Gasteiger partial charge in [-0.05, 0) is 75.2 Å². The van der Waals surface area contributed by atoms with E-state index in [1.807, 2.05) is 24.3 Å². The number of thioether (sulfide) groups is 1. The van der Waals surface area contributed by atoms with Gasteiger partial charge in [0.15, 0.2) is 6.61 Å². The first-order valence-corrected chi connectivity index (χ1v) is 12.2. The van der Waals surface area contributed by atoms with E-state index < -0.39 is 0 Å². The van der Waals surface area contributed by atoms with Crippen LogP contribution in [0.3, 0.4) is 0 Å². The zero-order chi connectivity index (χ0) is 24.1. The van der Waals surface area contributed by atoms with E-state index in [0.717, 1.165) is 11.8 Å². The average molecular weight is 558 g/mol. The molecule has 34 heavy (non-hydrogen) atoms. The monoisotopic (exact) mass is 556 g/mol. The van der Waals surface area contributed by atoms with Crippen molar-refractivity contribution >= 4 is 68.1 Å². The number of carbonyl (C=O) groups excluding carboxylic acids is 3. The van der Waals surface area contributed by atoms with E-state index in [9.17, 15) is 14.4 Å². The molecule has 0 aromatic heterocycles. The Balaban J connectivity index is 1.40. The molecule has 3 aromatic rings. The predicted molar refractivity (Wildman–Crippen MR) is 138 cm³/mol. The Labute approximate surface area is 214 Å². The molecule has 1 saturated heterocycles. The molecule has 0 radical (unpaired) electrons. The minimum absolute atomic E-state index is 0.114. The Morgan fingerprint density at radius 2 is 1.79 bits per heavy atom. The molecule has 0 bridgehead atoms. The average Bonchev–Trinajstić information content (AvgIpc) is 3.08. The Morgan fingerprint density at radius 1 is 1.06 bits per heavy atom. The van der Waals surface area contributed by atoms with Crippen molar-refractivity contribution in [2.45, 2.75) is 6.54 Å². The van der Waals surface area contributed by atoms with Crippen molar-refractivity contribution in [2.75, 3.05) is 11.9 Å². The standard InChI is InChI=1S/C25H18BrClN2O4S/c26-19-12-16(10-11-21(19)33-15-23(30)28-18-7-2-1-3-8-18)13-22-24(31)29(25(32)34-22)14-17-6-4-5-9-20(17)27/h1-13H,14-15H2,(H,28,30)/b22-13-. The number of nitrogens with one attached hydrogen (secondary N) is 1. The van der Waals surface area contributed by atoms with Crippen LogP contribution in [0.1, 0.15) is 11.1 Å². The van der Waals surface area contributed by atoms with Gasteiger partial charge in [-0.25, -0.2) is 0 Å². The molecular formula is C25H18BrClN2O4S. The molecule has 4 rings (SSSR count). The second-order valence-electron chi connectivity index (χ2n) is 7.25. The van der Waals surface area contributed by atoms with Crippen LogP contribution in [0, 0.1) is 0 Å². The van der Waals surface area contributed by atoms with Crippen molar-refractivity contribution in [1.82, 2.24) is 4.90 Å². The third kappa shape index (κ3) is 5.88. The van der Waals surface area contributed by atoms with Gasteiger partial charge in [0.2, 0.25) is 0 Å². The number of benzene rings is 3. The largest absolute Gasteiger partial charge is 0.483 e. The molecule has 1 N–H and O–H groups in total. The van der Waals surface area contributed by atoms with Gasteiger partial charge in [-0.1, -0.05) is 54.1 Å². The number of anilines is 1. The highest BCUT2D eigenvalue weighted by Gasteiger charge is 2.35. The molecule has 0 spiro atoms. The van der Waals surface area contributed by atoms with E-state index in [1.165, 1.54) is 4.90 Å². The number of para-hydroxylation sites is 1. The smallest absolute Gasteiger partial charge is 0.293 e. The van der Waals surface area contributed by atoms with Crippen molar-refractivity contribution in [3.8, 4) is 5.75 Å². The quantitative estimate of drug-likeness (QED) is 0.342. The van der Waals surface area contributed by atoms with Gasteiger partial charge in [0.25, 0.3) is 17.1 Å². The molecule has 172 valence electrons. The lowest BCUT2D eigenvalue weighted by atomic mass is 10.2. The van der Waals surface area contributed by atoms with E-state index in [-0.39, 0.29) is 30.2 Å². The number of rotatable bonds is 7. The molecule has 0 atom stereocenters. The lowest BCUT2D eigenvalue weighted by Gasteiger charge is -2.13. The highest BCUT2D eigenvalue weighted by atomic mass is 79.9. The summed E-state index contributed by atoms with van der Waals surface area (Å²) in [5, 5.41) is 2.91. The molecule has 0 unspecified atom stereocenters. The van der Waals surface area contributed by atoms with Crippen LogP contribution in [0.4, 0.5) is 10.5 Å². The first-order chi connectivity index (χ1) is 16.4. The second-order valence-corrected chi connectivity index (χ2v) is 9.51.